The lowest BCUT2D eigenvalue weighted by molar-refractivity contribution is -0.119. The summed E-state index contributed by atoms with van der Waals surface area (Å²) in [6, 6.07) is 13.5. The zero-order valence-corrected chi connectivity index (χ0v) is 14.1. The Labute approximate surface area is 146 Å². The Morgan fingerprint density at radius 2 is 2.12 bits per heavy atom. The van der Waals surface area contributed by atoms with Gasteiger partial charge in [0, 0.05) is 24.8 Å². The van der Waals surface area contributed by atoms with Crippen molar-refractivity contribution in [3.63, 3.8) is 0 Å². The second-order valence-corrected chi connectivity index (χ2v) is 5.93. The van der Waals surface area contributed by atoms with Crippen molar-refractivity contribution in [3.8, 4) is 5.75 Å². The number of carbonyl (C=O) groups is 1. The lowest BCUT2D eigenvalue weighted by Gasteiger charge is -2.32. The first-order valence-corrected chi connectivity index (χ1v) is 8.17. The Morgan fingerprint density at radius 3 is 2.88 bits per heavy atom. The van der Waals surface area contributed by atoms with Crippen molar-refractivity contribution in [2.75, 3.05) is 38.7 Å². The molecule has 1 N–H and O–H groups in total. The summed E-state index contributed by atoms with van der Waals surface area (Å²) < 4.78 is 24.0. The number of amides is 1. The number of anilines is 1. The van der Waals surface area contributed by atoms with Crippen LogP contribution in [0.1, 0.15) is 11.7 Å². The highest BCUT2D eigenvalue weighted by atomic mass is 19.1. The Bertz CT molecular complexity index is 721. The first kappa shape index (κ1) is 17.4. The molecule has 0 radical (unpaired) electrons. The van der Waals surface area contributed by atoms with E-state index in [9.17, 15) is 9.18 Å². The average Bonchev–Trinajstić information content (AvgIpc) is 2.62. The number of hydrogen-bond acceptors (Lipinski definition) is 4. The molecule has 0 spiro atoms. The molecule has 1 unspecified atom stereocenters. The molecule has 1 heterocycles. The maximum absolute atomic E-state index is 13.1. The van der Waals surface area contributed by atoms with Gasteiger partial charge in [-0.1, -0.05) is 18.2 Å². The van der Waals surface area contributed by atoms with Crippen LogP contribution in [0.5, 0.6) is 5.75 Å². The van der Waals surface area contributed by atoms with Crippen molar-refractivity contribution >= 4 is 11.6 Å². The van der Waals surface area contributed by atoms with Crippen LogP contribution in [-0.4, -0.2) is 44.2 Å². The number of morpholine rings is 1. The molecule has 1 amide bonds. The second kappa shape index (κ2) is 8.09. The summed E-state index contributed by atoms with van der Waals surface area (Å²) in [5.74, 6) is 0.336. The van der Waals surface area contributed by atoms with E-state index in [1.54, 1.807) is 25.3 Å². The Kier molecular flexibility index (Phi) is 5.63. The van der Waals surface area contributed by atoms with Gasteiger partial charge in [0.1, 0.15) is 11.6 Å². The summed E-state index contributed by atoms with van der Waals surface area (Å²) in [7, 11) is 1.59. The minimum absolute atomic E-state index is 0.0898. The molecule has 2 aromatic carbocycles. The SMILES string of the molecule is COc1cccc(NC(=O)CN2CCOC(c3ccc(F)cc3)C2)c1. The van der Waals surface area contributed by atoms with Crippen LogP contribution in [0.15, 0.2) is 48.5 Å². The van der Waals surface area contributed by atoms with Crippen molar-refractivity contribution < 1.29 is 18.7 Å². The van der Waals surface area contributed by atoms with Crippen molar-refractivity contribution in [1.82, 2.24) is 4.90 Å². The number of nitrogens with zero attached hydrogens (tertiary/aromatic N) is 1. The predicted octanol–water partition coefficient (Wildman–Crippen LogP) is 2.85. The smallest absolute Gasteiger partial charge is 0.238 e. The number of ether oxygens (including phenoxy) is 2. The average molecular weight is 344 g/mol. The molecule has 0 aromatic heterocycles. The van der Waals surface area contributed by atoms with Gasteiger partial charge in [0.25, 0.3) is 0 Å². The maximum Gasteiger partial charge on any atom is 0.238 e. The highest BCUT2D eigenvalue weighted by Crippen LogP contribution is 2.22. The Morgan fingerprint density at radius 1 is 1.32 bits per heavy atom. The van der Waals surface area contributed by atoms with Gasteiger partial charge < -0.3 is 14.8 Å². The van der Waals surface area contributed by atoms with Crippen molar-refractivity contribution in [2.45, 2.75) is 6.10 Å². The van der Waals surface area contributed by atoms with Gasteiger partial charge in [0.15, 0.2) is 0 Å². The van der Waals surface area contributed by atoms with E-state index in [2.05, 4.69) is 5.32 Å². The molecule has 1 aliphatic heterocycles. The number of rotatable bonds is 5. The second-order valence-electron chi connectivity index (χ2n) is 5.93. The van der Waals surface area contributed by atoms with Crippen LogP contribution in [0.25, 0.3) is 0 Å². The lowest BCUT2D eigenvalue weighted by Crippen LogP contribution is -2.42. The molecule has 1 atom stereocenters. The summed E-state index contributed by atoms with van der Waals surface area (Å²) in [5.41, 5.74) is 1.62. The third-order valence-corrected chi connectivity index (χ3v) is 4.11. The lowest BCUT2D eigenvalue weighted by atomic mass is 10.1. The summed E-state index contributed by atoms with van der Waals surface area (Å²) in [4.78, 5) is 14.3. The van der Waals surface area contributed by atoms with Gasteiger partial charge in [-0.3, -0.25) is 9.69 Å². The summed E-state index contributed by atoms with van der Waals surface area (Å²) >= 11 is 0. The Hall–Kier alpha value is -2.44. The van der Waals surface area contributed by atoms with Crippen molar-refractivity contribution in [3.05, 3.63) is 59.9 Å². The molecule has 2 aromatic rings. The van der Waals surface area contributed by atoms with E-state index >= 15 is 0 Å². The minimum Gasteiger partial charge on any atom is -0.497 e. The predicted molar refractivity (Wildman–Crippen MR) is 93.2 cm³/mol. The molecule has 1 saturated heterocycles. The number of carbonyl (C=O) groups excluding carboxylic acids is 1. The third kappa shape index (κ3) is 4.78. The van der Waals surface area contributed by atoms with Gasteiger partial charge in [0.05, 0.1) is 26.4 Å². The number of methoxy groups -OCH3 is 1. The molecule has 1 fully saturated rings. The molecular formula is C19H21FN2O3. The van der Waals surface area contributed by atoms with E-state index in [0.717, 1.165) is 5.56 Å². The van der Waals surface area contributed by atoms with Crippen molar-refractivity contribution in [2.24, 2.45) is 0 Å². The standard InChI is InChI=1S/C19H21FN2O3/c1-24-17-4-2-3-16(11-17)21-19(23)13-22-9-10-25-18(12-22)14-5-7-15(20)8-6-14/h2-8,11,18H,9-10,12-13H2,1H3,(H,21,23). The van der Waals surface area contributed by atoms with E-state index in [0.29, 0.717) is 31.1 Å². The van der Waals surface area contributed by atoms with Crippen molar-refractivity contribution in [1.29, 1.82) is 0 Å². The molecule has 5 nitrogen and oxygen atoms in total. The third-order valence-electron chi connectivity index (χ3n) is 4.11. The fraction of sp³-hybridized carbons (Fsp3) is 0.316. The minimum atomic E-state index is -0.269. The first-order valence-electron chi connectivity index (χ1n) is 8.17. The van der Waals surface area contributed by atoms with E-state index in [4.69, 9.17) is 9.47 Å². The topological polar surface area (TPSA) is 50.8 Å². The fourth-order valence-corrected chi connectivity index (χ4v) is 2.83. The van der Waals surface area contributed by atoms with Crippen LogP contribution in [0.3, 0.4) is 0 Å². The Balaban J connectivity index is 1.56. The van der Waals surface area contributed by atoms with E-state index in [1.807, 2.05) is 23.1 Å². The summed E-state index contributed by atoms with van der Waals surface area (Å²) in [6.45, 7) is 2.09. The van der Waals surface area contributed by atoms with Crippen LogP contribution in [0.4, 0.5) is 10.1 Å². The molecule has 3 rings (SSSR count). The molecular weight excluding hydrogens is 323 g/mol. The van der Waals surface area contributed by atoms with Gasteiger partial charge in [-0.2, -0.15) is 0 Å². The molecule has 132 valence electrons. The molecule has 1 aliphatic rings. The maximum atomic E-state index is 13.1. The number of halogens is 1. The van der Waals surface area contributed by atoms with Gasteiger partial charge >= 0.3 is 0 Å². The molecule has 25 heavy (non-hydrogen) atoms. The van der Waals surface area contributed by atoms with Gasteiger partial charge in [-0.15, -0.1) is 0 Å². The molecule has 0 aliphatic carbocycles. The van der Waals surface area contributed by atoms with Gasteiger partial charge in [-0.25, -0.2) is 4.39 Å². The van der Waals surface area contributed by atoms with E-state index in [1.165, 1.54) is 12.1 Å². The number of nitrogens with one attached hydrogen (secondary N) is 1. The molecule has 6 heteroatoms. The highest BCUT2D eigenvalue weighted by molar-refractivity contribution is 5.92. The normalized spacial score (nSPS) is 17.9. The highest BCUT2D eigenvalue weighted by Gasteiger charge is 2.23. The van der Waals surface area contributed by atoms with Crippen LogP contribution in [0.2, 0.25) is 0 Å². The summed E-state index contributed by atoms with van der Waals surface area (Å²) in [5, 5.41) is 2.87. The van der Waals surface area contributed by atoms with Gasteiger partial charge in [0.2, 0.25) is 5.91 Å². The van der Waals surface area contributed by atoms with Gasteiger partial charge in [-0.05, 0) is 29.8 Å². The fourth-order valence-electron chi connectivity index (χ4n) is 2.83. The number of benzene rings is 2. The zero-order chi connectivity index (χ0) is 17.6. The zero-order valence-electron chi connectivity index (χ0n) is 14.1. The van der Waals surface area contributed by atoms with Crippen LogP contribution in [0, 0.1) is 5.82 Å². The van der Waals surface area contributed by atoms with Crippen LogP contribution < -0.4 is 10.1 Å². The van der Waals surface area contributed by atoms with Crippen LogP contribution in [-0.2, 0) is 9.53 Å². The van der Waals surface area contributed by atoms with E-state index in [-0.39, 0.29) is 24.4 Å². The molecule has 0 bridgehead atoms. The monoisotopic (exact) mass is 344 g/mol. The first-order chi connectivity index (χ1) is 12.1. The van der Waals surface area contributed by atoms with E-state index < -0.39 is 0 Å². The quantitative estimate of drug-likeness (QED) is 0.906. The largest absolute Gasteiger partial charge is 0.497 e. The van der Waals surface area contributed by atoms with Crippen LogP contribution >= 0.6 is 0 Å². The number of hydrogen-bond donors (Lipinski definition) is 1. The molecule has 0 saturated carbocycles. The summed E-state index contributed by atoms with van der Waals surface area (Å²) in [6.07, 6.45) is -0.154.